The minimum atomic E-state index is -3.78. The number of benzene rings is 2. The number of rotatable bonds is 11. The molecular weight excluding hydrogens is 430 g/mol. The van der Waals surface area contributed by atoms with Crippen LogP contribution in [0.5, 0.6) is 11.5 Å². The molecule has 1 saturated heterocycles. The fraction of sp³-hybridized carbons (Fsp3) is 0.435. The molecule has 1 aliphatic heterocycles. The molecule has 1 aliphatic rings. The quantitative estimate of drug-likeness (QED) is 0.534. The van der Waals surface area contributed by atoms with E-state index in [9.17, 15) is 13.2 Å². The number of carbonyl (C=O) groups excluding carboxylic acids is 1. The van der Waals surface area contributed by atoms with Gasteiger partial charge in [-0.15, -0.1) is 0 Å². The summed E-state index contributed by atoms with van der Waals surface area (Å²) in [5.41, 5.74) is 1.93. The second kappa shape index (κ2) is 11.3. The normalized spacial score (nSPS) is 14.3. The number of anilines is 1. The van der Waals surface area contributed by atoms with E-state index in [2.05, 4.69) is 14.9 Å². The lowest BCUT2D eigenvalue weighted by Gasteiger charge is -2.14. The molecule has 3 rings (SSSR count). The van der Waals surface area contributed by atoms with Gasteiger partial charge in [0.25, 0.3) is 0 Å². The highest BCUT2D eigenvalue weighted by Gasteiger charge is 2.17. The number of hydrogen-bond donors (Lipinski definition) is 2. The van der Waals surface area contributed by atoms with Crippen molar-refractivity contribution in [2.75, 3.05) is 45.7 Å². The van der Waals surface area contributed by atoms with Crippen LogP contribution in [0.15, 0.2) is 47.4 Å². The summed E-state index contributed by atoms with van der Waals surface area (Å²) in [6.45, 7) is 3.41. The summed E-state index contributed by atoms with van der Waals surface area (Å²) in [5, 5.41) is 2.80. The first-order chi connectivity index (χ1) is 15.4. The minimum absolute atomic E-state index is 0.0171. The number of methoxy groups -OCH3 is 2. The number of nitrogens with zero attached hydrogens (tertiary/aromatic N) is 1. The fourth-order valence-corrected chi connectivity index (χ4v) is 4.68. The van der Waals surface area contributed by atoms with Gasteiger partial charge in [-0.1, -0.05) is 12.1 Å². The number of hydrogen-bond acceptors (Lipinski definition) is 6. The van der Waals surface area contributed by atoms with Crippen molar-refractivity contribution in [2.45, 2.75) is 30.6 Å². The Morgan fingerprint density at radius 3 is 2.34 bits per heavy atom. The predicted molar refractivity (Wildman–Crippen MR) is 124 cm³/mol. The molecule has 1 heterocycles. The maximum absolute atomic E-state index is 12.5. The minimum Gasteiger partial charge on any atom is -0.493 e. The fourth-order valence-electron chi connectivity index (χ4n) is 3.64. The van der Waals surface area contributed by atoms with E-state index in [1.807, 2.05) is 24.3 Å². The molecule has 1 fully saturated rings. The summed E-state index contributed by atoms with van der Waals surface area (Å²) in [5.74, 6) is 0.495. The van der Waals surface area contributed by atoms with E-state index in [-0.39, 0.29) is 23.8 Å². The van der Waals surface area contributed by atoms with Crippen molar-refractivity contribution in [3.8, 4) is 11.5 Å². The average Bonchev–Trinajstić information content (AvgIpc) is 3.31. The summed E-state index contributed by atoms with van der Waals surface area (Å²) in [4.78, 5) is 14.7. The average molecular weight is 462 g/mol. The molecule has 2 aromatic rings. The predicted octanol–water partition coefficient (Wildman–Crippen LogP) is 2.65. The molecule has 0 aromatic heterocycles. The van der Waals surface area contributed by atoms with Gasteiger partial charge in [-0.3, -0.25) is 4.79 Å². The van der Waals surface area contributed by atoms with Gasteiger partial charge in [0, 0.05) is 31.3 Å². The van der Waals surface area contributed by atoms with E-state index >= 15 is 0 Å². The first-order valence-corrected chi connectivity index (χ1v) is 12.2. The molecule has 0 saturated carbocycles. The zero-order valence-electron chi connectivity index (χ0n) is 18.6. The third-order valence-corrected chi connectivity index (χ3v) is 6.92. The van der Waals surface area contributed by atoms with Crippen LogP contribution in [0.4, 0.5) is 5.69 Å². The van der Waals surface area contributed by atoms with Crippen molar-refractivity contribution in [1.29, 1.82) is 0 Å². The number of ether oxygens (including phenoxy) is 2. The van der Waals surface area contributed by atoms with Crippen LogP contribution < -0.4 is 19.5 Å². The largest absolute Gasteiger partial charge is 0.493 e. The zero-order valence-corrected chi connectivity index (χ0v) is 19.4. The van der Waals surface area contributed by atoms with Gasteiger partial charge in [0.1, 0.15) is 0 Å². The van der Waals surface area contributed by atoms with Crippen LogP contribution in [0.1, 0.15) is 24.8 Å². The maximum atomic E-state index is 12.5. The number of carbonyl (C=O) groups is 1. The Hall–Kier alpha value is -2.62. The second-order valence-corrected chi connectivity index (χ2v) is 9.48. The lowest BCUT2D eigenvalue weighted by Crippen LogP contribution is -2.27. The molecule has 2 N–H and O–H groups in total. The summed E-state index contributed by atoms with van der Waals surface area (Å²) in [6, 6.07) is 12.1. The highest BCUT2D eigenvalue weighted by Crippen LogP contribution is 2.29. The van der Waals surface area contributed by atoms with E-state index in [1.165, 1.54) is 63.9 Å². The van der Waals surface area contributed by atoms with E-state index in [0.717, 1.165) is 13.0 Å². The smallest absolute Gasteiger partial charge is 0.240 e. The van der Waals surface area contributed by atoms with Gasteiger partial charge in [-0.25, -0.2) is 13.1 Å². The number of likely N-dealkylation sites (tertiary alicyclic amines) is 1. The van der Waals surface area contributed by atoms with Crippen molar-refractivity contribution in [3.05, 3.63) is 48.0 Å². The SMILES string of the molecule is COc1ccc(S(=O)(=O)NCCC(=O)Nc2ccc(CCN3CCCC3)cc2)cc1OC. The molecule has 0 atom stereocenters. The summed E-state index contributed by atoms with van der Waals surface area (Å²) < 4.78 is 37.7. The van der Waals surface area contributed by atoms with Crippen LogP contribution in [-0.2, 0) is 21.2 Å². The van der Waals surface area contributed by atoms with Crippen LogP contribution in [-0.4, -0.2) is 59.6 Å². The third kappa shape index (κ3) is 6.69. The summed E-state index contributed by atoms with van der Waals surface area (Å²) in [7, 11) is -0.861. The number of sulfonamides is 1. The standard InChI is InChI=1S/C23H31N3O5S/c1-30-21-10-9-20(17-22(21)31-2)32(28,29)24-13-11-23(27)25-19-7-5-18(6-8-19)12-16-26-14-3-4-15-26/h5-10,17,24H,3-4,11-16H2,1-2H3,(H,25,27). The molecular formula is C23H31N3O5S. The summed E-state index contributed by atoms with van der Waals surface area (Å²) in [6.07, 6.45) is 3.58. The second-order valence-electron chi connectivity index (χ2n) is 7.71. The van der Waals surface area contributed by atoms with Crippen molar-refractivity contribution in [3.63, 3.8) is 0 Å². The van der Waals surface area contributed by atoms with E-state index < -0.39 is 10.0 Å². The van der Waals surface area contributed by atoms with E-state index in [0.29, 0.717) is 17.2 Å². The van der Waals surface area contributed by atoms with Gasteiger partial charge in [0.05, 0.1) is 19.1 Å². The van der Waals surface area contributed by atoms with Gasteiger partial charge in [0.15, 0.2) is 11.5 Å². The van der Waals surface area contributed by atoms with Gasteiger partial charge in [-0.05, 0) is 62.2 Å². The first-order valence-electron chi connectivity index (χ1n) is 10.7. The molecule has 9 heteroatoms. The van der Waals surface area contributed by atoms with Crippen LogP contribution in [0, 0.1) is 0 Å². The number of amides is 1. The lowest BCUT2D eigenvalue weighted by atomic mass is 10.1. The van der Waals surface area contributed by atoms with Crippen LogP contribution in [0.2, 0.25) is 0 Å². The Bertz CT molecular complexity index is 1000. The highest BCUT2D eigenvalue weighted by molar-refractivity contribution is 7.89. The van der Waals surface area contributed by atoms with Gasteiger partial charge < -0.3 is 19.7 Å². The molecule has 0 unspecified atom stereocenters. The Kier molecular flexibility index (Phi) is 8.49. The van der Waals surface area contributed by atoms with Crippen molar-refractivity contribution in [2.24, 2.45) is 0 Å². The Morgan fingerprint density at radius 1 is 1.00 bits per heavy atom. The maximum Gasteiger partial charge on any atom is 0.240 e. The number of nitrogens with one attached hydrogen (secondary N) is 2. The monoisotopic (exact) mass is 461 g/mol. The molecule has 1 amide bonds. The Balaban J connectivity index is 1.45. The van der Waals surface area contributed by atoms with Crippen molar-refractivity contribution in [1.82, 2.24) is 9.62 Å². The van der Waals surface area contributed by atoms with Gasteiger partial charge in [-0.2, -0.15) is 0 Å². The zero-order chi connectivity index (χ0) is 23.0. The Morgan fingerprint density at radius 2 is 1.69 bits per heavy atom. The lowest BCUT2D eigenvalue weighted by molar-refractivity contribution is -0.116. The molecule has 0 aliphatic carbocycles. The first kappa shape index (κ1) is 24.0. The molecule has 0 spiro atoms. The molecule has 2 aromatic carbocycles. The van der Waals surface area contributed by atoms with Crippen molar-refractivity contribution < 1.29 is 22.7 Å². The van der Waals surface area contributed by atoms with Crippen LogP contribution in [0.25, 0.3) is 0 Å². The molecule has 0 bridgehead atoms. The molecule has 0 radical (unpaired) electrons. The van der Waals surface area contributed by atoms with Crippen molar-refractivity contribution >= 4 is 21.6 Å². The van der Waals surface area contributed by atoms with E-state index in [4.69, 9.17) is 9.47 Å². The van der Waals surface area contributed by atoms with Gasteiger partial charge in [0.2, 0.25) is 15.9 Å². The molecule has 8 nitrogen and oxygen atoms in total. The Labute approximate surface area is 190 Å². The van der Waals surface area contributed by atoms with Gasteiger partial charge >= 0.3 is 0 Å². The molecule has 174 valence electrons. The van der Waals surface area contributed by atoms with Crippen LogP contribution in [0.3, 0.4) is 0 Å². The molecule has 32 heavy (non-hydrogen) atoms. The topological polar surface area (TPSA) is 97.0 Å². The van der Waals surface area contributed by atoms with E-state index in [1.54, 1.807) is 0 Å². The highest BCUT2D eigenvalue weighted by atomic mass is 32.2. The third-order valence-electron chi connectivity index (χ3n) is 5.46. The van der Waals surface area contributed by atoms with Crippen LogP contribution >= 0.6 is 0 Å². The summed E-state index contributed by atoms with van der Waals surface area (Å²) >= 11 is 0.